The maximum atomic E-state index is 13.3. The van der Waals surface area contributed by atoms with Crippen molar-refractivity contribution in [1.82, 2.24) is 14.4 Å². The first kappa shape index (κ1) is 18.0. The van der Waals surface area contributed by atoms with Crippen LogP contribution in [0.1, 0.15) is 22.1 Å². The van der Waals surface area contributed by atoms with E-state index in [1.807, 2.05) is 30.3 Å². The van der Waals surface area contributed by atoms with E-state index in [-0.39, 0.29) is 17.7 Å². The molecular formula is C22H21N3O3. The summed E-state index contributed by atoms with van der Waals surface area (Å²) in [6.45, 7) is 7.22. The standard InChI is InChI=1S/C22H21N3O3/c1-3-20(27)25-18-9-5-4-7-16(18)21-17(8-6-10-19(21)25)22(28)24-13-11-23(12-14-24)15(2)26/h3-10H,1,11-14H2,2H3. The summed E-state index contributed by atoms with van der Waals surface area (Å²) in [6, 6.07) is 13.0. The highest BCUT2D eigenvalue weighted by atomic mass is 16.2. The van der Waals surface area contributed by atoms with E-state index >= 15 is 0 Å². The van der Waals surface area contributed by atoms with Crippen molar-refractivity contribution in [1.29, 1.82) is 0 Å². The molecule has 4 rings (SSSR count). The van der Waals surface area contributed by atoms with Gasteiger partial charge in [0.1, 0.15) is 0 Å². The zero-order valence-electron chi connectivity index (χ0n) is 15.7. The van der Waals surface area contributed by atoms with Crippen molar-refractivity contribution in [3.63, 3.8) is 0 Å². The molecule has 3 aromatic rings. The number of allylic oxidation sites excluding steroid dienone is 1. The third-order valence-corrected chi connectivity index (χ3v) is 5.34. The van der Waals surface area contributed by atoms with Crippen molar-refractivity contribution < 1.29 is 14.4 Å². The molecule has 0 aliphatic carbocycles. The Balaban J connectivity index is 1.83. The van der Waals surface area contributed by atoms with Gasteiger partial charge in [-0.25, -0.2) is 0 Å². The predicted molar refractivity (Wildman–Crippen MR) is 108 cm³/mol. The van der Waals surface area contributed by atoms with Crippen molar-refractivity contribution >= 4 is 39.5 Å². The molecule has 28 heavy (non-hydrogen) atoms. The molecule has 6 heteroatoms. The largest absolute Gasteiger partial charge is 0.339 e. The average Bonchev–Trinajstić information content (AvgIpc) is 3.07. The Hall–Kier alpha value is -3.41. The lowest BCUT2D eigenvalue weighted by molar-refractivity contribution is -0.130. The molecule has 1 aromatic heterocycles. The first-order chi connectivity index (χ1) is 13.5. The Bertz CT molecular complexity index is 1120. The van der Waals surface area contributed by atoms with Crippen LogP contribution in [0.15, 0.2) is 55.1 Å². The van der Waals surface area contributed by atoms with Gasteiger partial charge in [0.15, 0.2) is 0 Å². The number of piperazine rings is 1. The minimum Gasteiger partial charge on any atom is -0.339 e. The van der Waals surface area contributed by atoms with Crippen LogP contribution in [0.4, 0.5) is 0 Å². The molecule has 1 saturated heterocycles. The van der Waals surface area contributed by atoms with E-state index in [0.717, 1.165) is 16.3 Å². The number of para-hydroxylation sites is 1. The first-order valence-corrected chi connectivity index (χ1v) is 9.26. The molecule has 0 saturated carbocycles. The Morgan fingerprint density at radius 2 is 1.54 bits per heavy atom. The highest BCUT2D eigenvalue weighted by Crippen LogP contribution is 2.32. The molecule has 0 bridgehead atoms. The van der Waals surface area contributed by atoms with Crippen LogP contribution in [0.5, 0.6) is 0 Å². The molecule has 1 fully saturated rings. The van der Waals surface area contributed by atoms with Gasteiger partial charge >= 0.3 is 0 Å². The molecule has 1 aliphatic rings. The van der Waals surface area contributed by atoms with E-state index in [1.165, 1.54) is 6.08 Å². The summed E-state index contributed by atoms with van der Waals surface area (Å²) in [7, 11) is 0. The number of carbonyl (C=O) groups is 3. The lowest BCUT2D eigenvalue weighted by Crippen LogP contribution is -2.50. The molecule has 0 unspecified atom stereocenters. The van der Waals surface area contributed by atoms with Crippen molar-refractivity contribution in [2.45, 2.75) is 6.92 Å². The van der Waals surface area contributed by atoms with Crippen molar-refractivity contribution in [3.05, 3.63) is 60.7 Å². The number of aromatic nitrogens is 1. The zero-order chi connectivity index (χ0) is 19.8. The maximum absolute atomic E-state index is 13.3. The smallest absolute Gasteiger partial charge is 0.254 e. The fourth-order valence-electron chi connectivity index (χ4n) is 3.92. The highest BCUT2D eigenvalue weighted by molar-refractivity contribution is 6.21. The van der Waals surface area contributed by atoms with Gasteiger partial charge in [0.25, 0.3) is 11.8 Å². The van der Waals surface area contributed by atoms with Gasteiger partial charge in [0.2, 0.25) is 5.91 Å². The van der Waals surface area contributed by atoms with Gasteiger partial charge in [-0.15, -0.1) is 0 Å². The predicted octanol–water partition coefficient (Wildman–Crippen LogP) is 2.93. The van der Waals surface area contributed by atoms with Gasteiger partial charge in [-0.3, -0.25) is 19.0 Å². The van der Waals surface area contributed by atoms with Gasteiger partial charge in [-0.2, -0.15) is 0 Å². The second kappa shape index (κ2) is 6.96. The number of hydrogen-bond donors (Lipinski definition) is 0. The lowest BCUT2D eigenvalue weighted by Gasteiger charge is -2.34. The number of fused-ring (bicyclic) bond motifs is 3. The molecular weight excluding hydrogens is 354 g/mol. The molecule has 2 heterocycles. The van der Waals surface area contributed by atoms with Crippen LogP contribution >= 0.6 is 0 Å². The van der Waals surface area contributed by atoms with Crippen LogP contribution in [0.3, 0.4) is 0 Å². The van der Waals surface area contributed by atoms with Crippen molar-refractivity contribution in [2.75, 3.05) is 26.2 Å². The SMILES string of the molecule is C=CC(=O)n1c2ccccc2c2c(C(=O)N3CCN(C(C)=O)CC3)cccc21. The third-order valence-electron chi connectivity index (χ3n) is 5.34. The fourth-order valence-corrected chi connectivity index (χ4v) is 3.92. The lowest BCUT2D eigenvalue weighted by atomic mass is 10.0. The molecule has 2 aromatic carbocycles. The second-order valence-corrected chi connectivity index (χ2v) is 6.89. The zero-order valence-corrected chi connectivity index (χ0v) is 15.7. The van der Waals surface area contributed by atoms with E-state index in [0.29, 0.717) is 37.3 Å². The number of amides is 2. The van der Waals surface area contributed by atoms with Crippen LogP contribution in [0.25, 0.3) is 21.8 Å². The van der Waals surface area contributed by atoms with Gasteiger partial charge < -0.3 is 9.80 Å². The molecule has 2 amide bonds. The van der Waals surface area contributed by atoms with E-state index in [2.05, 4.69) is 6.58 Å². The Kier molecular flexibility index (Phi) is 4.47. The van der Waals surface area contributed by atoms with Gasteiger partial charge in [-0.05, 0) is 24.3 Å². The molecule has 0 atom stereocenters. The second-order valence-electron chi connectivity index (χ2n) is 6.89. The monoisotopic (exact) mass is 375 g/mol. The number of hydrogen-bond acceptors (Lipinski definition) is 3. The fraction of sp³-hybridized carbons (Fsp3) is 0.227. The first-order valence-electron chi connectivity index (χ1n) is 9.26. The van der Waals surface area contributed by atoms with Crippen LogP contribution in [-0.2, 0) is 4.79 Å². The van der Waals surface area contributed by atoms with E-state index < -0.39 is 0 Å². The summed E-state index contributed by atoms with van der Waals surface area (Å²) >= 11 is 0. The van der Waals surface area contributed by atoms with Gasteiger partial charge in [0, 0.05) is 49.4 Å². The number of rotatable bonds is 2. The summed E-state index contributed by atoms with van der Waals surface area (Å²) in [5, 5.41) is 1.63. The molecule has 0 N–H and O–H groups in total. The Labute approximate surface area is 162 Å². The van der Waals surface area contributed by atoms with Crippen LogP contribution in [-0.4, -0.2) is 58.3 Å². The summed E-state index contributed by atoms with van der Waals surface area (Å²) in [4.78, 5) is 40.9. The topological polar surface area (TPSA) is 62.6 Å². The minimum atomic E-state index is -0.231. The minimum absolute atomic E-state index is 0.0280. The number of carbonyl (C=O) groups excluding carboxylic acids is 3. The van der Waals surface area contributed by atoms with Crippen molar-refractivity contribution in [2.24, 2.45) is 0 Å². The van der Waals surface area contributed by atoms with Crippen LogP contribution in [0.2, 0.25) is 0 Å². The molecule has 0 spiro atoms. The van der Waals surface area contributed by atoms with Gasteiger partial charge in [0.05, 0.1) is 11.0 Å². The van der Waals surface area contributed by atoms with Crippen molar-refractivity contribution in [3.8, 4) is 0 Å². The normalized spacial score (nSPS) is 14.5. The average molecular weight is 375 g/mol. The Morgan fingerprint density at radius 3 is 2.21 bits per heavy atom. The summed E-state index contributed by atoms with van der Waals surface area (Å²) in [5.74, 6) is -0.283. The summed E-state index contributed by atoms with van der Waals surface area (Å²) in [5.41, 5.74) is 2.02. The van der Waals surface area contributed by atoms with E-state index in [9.17, 15) is 14.4 Å². The molecule has 6 nitrogen and oxygen atoms in total. The number of nitrogens with zero attached hydrogens (tertiary/aromatic N) is 3. The molecule has 142 valence electrons. The van der Waals surface area contributed by atoms with Gasteiger partial charge in [-0.1, -0.05) is 30.8 Å². The molecule has 0 radical (unpaired) electrons. The summed E-state index contributed by atoms with van der Waals surface area (Å²) in [6.07, 6.45) is 1.28. The van der Waals surface area contributed by atoms with Crippen LogP contribution < -0.4 is 0 Å². The third kappa shape index (κ3) is 2.78. The quantitative estimate of drug-likeness (QED) is 0.647. The van der Waals surface area contributed by atoms with E-state index in [4.69, 9.17) is 0 Å². The summed E-state index contributed by atoms with van der Waals surface area (Å²) < 4.78 is 1.60. The molecule has 1 aliphatic heterocycles. The Morgan fingerprint density at radius 1 is 0.893 bits per heavy atom. The maximum Gasteiger partial charge on any atom is 0.254 e. The number of benzene rings is 2. The van der Waals surface area contributed by atoms with E-state index in [1.54, 1.807) is 33.4 Å². The van der Waals surface area contributed by atoms with Crippen LogP contribution in [0, 0.1) is 0 Å². The highest BCUT2D eigenvalue weighted by Gasteiger charge is 2.26.